The molecule has 44 heavy (non-hydrogen) atoms. The lowest BCUT2D eigenvalue weighted by atomic mass is 10.1. The molecule has 1 aliphatic heterocycles. The first-order valence-corrected chi connectivity index (χ1v) is 14.4. The number of anilines is 1. The summed E-state index contributed by atoms with van der Waals surface area (Å²) in [4.78, 5) is 62.6. The molecule has 1 aliphatic rings. The zero-order valence-electron chi connectivity index (χ0n) is 23.5. The third-order valence-corrected chi connectivity index (χ3v) is 7.35. The van der Waals surface area contributed by atoms with Gasteiger partial charge in [-0.05, 0) is 54.1 Å². The van der Waals surface area contributed by atoms with Crippen molar-refractivity contribution >= 4 is 63.8 Å². The van der Waals surface area contributed by atoms with E-state index in [1.807, 2.05) is 37.3 Å². The highest BCUT2D eigenvalue weighted by Gasteiger charge is 2.37. The molecule has 0 radical (unpaired) electrons. The molecule has 1 N–H and O–H groups in total. The number of halogens is 1. The number of nitro groups is 1. The molecule has 0 aromatic heterocycles. The molecule has 0 spiro atoms. The molecule has 3 aromatic rings. The third-order valence-electron chi connectivity index (χ3n) is 6.12. The highest BCUT2D eigenvalue weighted by molar-refractivity contribution is 8.18. The number of benzene rings is 3. The molecule has 3 amide bonds. The van der Waals surface area contributed by atoms with E-state index < -0.39 is 34.5 Å². The van der Waals surface area contributed by atoms with Gasteiger partial charge in [-0.2, -0.15) is 0 Å². The van der Waals surface area contributed by atoms with Crippen molar-refractivity contribution in [3.8, 4) is 11.5 Å². The summed E-state index contributed by atoms with van der Waals surface area (Å²) in [5, 5.41) is 13.8. The lowest BCUT2D eigenvalue weighted by Crippen LogP contribution is -2.36. The maximum atomic E-state index is 13.1. The summed E-state index contributed by atoms with van der Waals surface area (Å²) >= 11 is 6.62. The Morgan fingerprint density at radius 2 is 1.84 bits per heavy atom. The van der Waals surface area contributed by atoms with Crippen molar-refractivity contribution in [2.75, 3.05) is 25.6 Å². The van der Waals surface area contributed by atoms with Crippen LogP contribution in [0, 0.1) is 10.1 Å². The quantitative estimate of drug-likeness (QED) is 0.107. The minimum atomic E-state index is -0.812. The molecule has 3 aromatic carbocycles. The Kier molecular flexibility index (Phi) is 10.6. The van der Waals surface area contributed by atoms with Gasteiger partial charge in [0.1, 0.15) is 13.2 Å². The number of rotatable bonds is 12. The second-order valence-corrected chi connectivity index (χ2v) is 10.6. The number of nitrogens with zero attached hydrogens (tertiary/aromatic N) is 2. The molecule has 0 aliphatic carbocycles. The Hall–Kier alpha value is -4.88. The average Bonchev–Trinajstić information content (AvgIpc) is 3.27. The van der Waals surface area contributed by atoms with Crippen LogP contribution in [0.3, 0.4) is 0 Å². The Bertz CT molecular complexity index is 1650. The fourth-order valence-electron chi connectivity index (χ4n) is 4.00. The first-order chi connectivity index (χ1) is 21.1. The largest absolute Gasteiger partial charge is 0.493 e. The van der Waals surface area contributed by atoms with Crippen LogP contribution >= 0.6 is 23.4 Å². The topological polar surface area (TPSA) is 154 Å². The number of nitro benzene ring substituents is 1. The van der Waals surface area contributed by atoms with Crippen LogP contribution in [-0.2, 0) is 20.9 Å². The second-order valence-electron chi connectivity index (χ2n) is 9.24. The summed E-state index contributed by atoms with van der Waals surface area (Å²) in [6, 6.07) is 15.9. The number of imide groups is 1. The molecule has 228 valence electrons. The number of thioether (sulfide) groups is 1. The average molecular weight is 640 g/mol. The lowest BCUT2D eigenvalue weighted by Gasteiger charge is -2.13. The molecule has 0 unspecified atom stereocenters. The minimum absolute atomic E-state index is 0.00230. The predicted molar refractivity (Wildman–Crippen MR) is 164 cm³/mol. The van der Waals surface area contributed by atoms with E-state index in [1.54, 1.807) is 0 Å². The number of hydrogen-bond donors (Lipinski definition) is 1. The van der Waals surface area contributed by atoms with Gasteiger partial charge in [-0.15, -0.1) is 0 Å². The van der Waals surface area contributed by atoms with Crippen molar-refractivity contribution in [3.05, 3.63) is 97.4 Å². The first-order valence-electron chi connectivity index (χ1n) is 13.2. The van der Waals surface area contributed by atoms with Gasteiger partial charge in [-0.3, -0.25) is 29.4 Å². The molecular formula is C30H26ClN3O9S. The standard InChI is InChI=1S/C30H26ClN3O9S/c1-3-11-42-29(37)21-14-20(9-10-22(21)31)32-27(35)16-33-28(36)26(44-30(33)38)13-19-12-24(41-2)25(15-23(19)34(39)40)43-17-18-7-5-4-6-8-18/h4-10,12-15H,3,11,16-17H2,1-2H3,(H,32,35)/b26-13+. The Labute approximate surface area is 261 Å². The summed E-state index contributed by atoms with van der Waals surface area (Å²) in [5.74, 6) is -1.90. The monoisotopic (exact) mass is 639 g/mol. The highest BCUT2D eigenvalue weighted by Crippen LogP contribution is 2.39. The zero-order valence-corrected chi connectivity index (χ0v) is 25.1. The van der Waals surface area contributed by atoms with E-state index in [0.29, 0.717) is 23.1 Å². The van der Waals surface area contributed by atoms with Gasteiger partial charge in [-0.1, -0.05) is 48.9 Å². The van der Waals surface area contributed by atoms with Crippen LogP contribution < -0.4 is 14.8 Å². The molecule has 0 atom stereocenters. The molecule has 1 heterocycles. The number of ether oxygens (including phenoxy) is 3. The zero-order chi connectivity index (χ0) is 31.8. The summed E-state index contributed by atoms with van der Waals surface area (Å²) < 4.78 is 16.2. The number of hydrogen-bond acceptors (Lipinski definition) is 10. The van der Waals surface area contributed by atoms with E-state index in [0.717, 1.165) is 5.56 Å². The lowest BCUT2D eigenvalue weighted by molar-refractivity contribution is -0.385. The van der Waals surface area contributed by atoms with Gasteiger partial charge >= 0.3 is 5.97 Å². The van der Waals surface area contributed by atoms with Gasteiger partial charge in [0.2, 0.25) is 5.91 Å². The van der Waals surface area contributed by atoms with E-state index in [-0.39, 0.29) is 57.1 Å². The summed E-state index contributed by atoms with van der Waals surface area (Å²) in [6.45, 7) is 1.52. The molecule has 4 rings (SSSR count). The SMILES string of the molecule is CCCOC(=O)c1cc(NC(=O)CN2C(=O)S/C(=C/c3cc(OC)c(OCc4ccccc4)cc3[N+](=O)[O-])C2=O)ccc1Cl. The van der Waals surface area contributed by atoms with Crippen molar-refractivity contribution < 1.29 is 38.3 Å². The third kappa shape index (κ3) is 7.74. The van der Waals surface area contributed by atoms with Crippen molar-refractivity contribution in [1.82, 2.24) is 4.90 Å². The van der Waals surface area contributed by atoms with Crippen molar-refractivity contribution in [2.45, 2.75) is 20.0 Å². The van der Waals surface area contributed by atoms with Crippen LogP contribution in [0.2, 0.25) is 5.02 Å². The molecule has 0 saturated carbocycles. The normalized spacial score (nSPS) is 13.6. The predicted octanol–water partition coefficient (Wildman–Crippen LogP) is 6.08. The number of esters is 1. The van der Waals surface area contributed by atoms with E-state index >= 15 is 0 Å². The Morgan fingerprint density at radius 1 is 1.09 bits per heavy atom. The van der Waals surface area contributed by atoms with Gasteiger partial charge in [-0.25, -0.2) is 4.79 Å². The van der Waals surface area contributed by atoms with Crippen molar-refractivity contribution in [1.29, 1.82) is 0 Å². The first kappa shape index (κ1) is 32.0. The van der Waals surface area contributed by atoms with Crippen molar-refractivity contribution in [3.63, 3.8) is 0 Å². The number of carbonyl (C=O) groups excluding carboxylic acids is 4. The van der Waals surface area contributed by atoms with Gasteiger partial charge < -0.3 is 19.5 Å². The number of carbonyl (C=O) groups is 4. The summed E-state index contributed by atoms with van der Waals surface area (Å²) in [5.41, 5.74) is 0.695. The van der Waals surface area contributed by atoms with E-state index in [4.69, 9.17) is 25.8 Å². The second kappa shape index (κ2) is 14.5. The Balaban J connectivity index is 1.50. The molecule has 14 heteroatoms. The van der Waals surface area contributed by atoms with Crippen molar-refractivity contribution in [2.24, 2.45) is 0 Å². The smallest absolute Gasteiger partial charge is 0.339 e. The van der Waals surface area contributed by atoms with E-state index in [9.17, 15) is 29.3 Å². The molecular weight excluding hydrogens is 614 g/mol. The summed E-state index contributed by atoms with van der Waals surface area (Å²) in [7, 11) is 1.37. The van der Waals surface area contributed by atoms with Crippen LogP contribution in [0.4, 0.5) is 16.2 Å². The molecule has 0 bridgehead atoms. The van der Waals surface area contributed by atoms with E-state index in [2.05, 4.69) is 5.32 Å². The maximum absolute atomic E-state index is 13.1. The molecule has 1 saturated heterocycles. The number of amides is 3. The van der Waals surface area contributed by atoms with Crippen LogP contribution in [0.15, 0.2) is 65.6 Å². The Morgan fingerprint density at radius 3 is 2.52 bits per heavy atom. The van der Waals surface area contributed by atoms with Gasteiger partial charge in [0.25, 0.3) is 16.8 Å². The molecule has 12 nitrogen and oxygen atoms in total. The fourth-order valence-corrected chi connectivity index (χ4v) is 5.02. The number of methoxy groups -OCH3 is 1. The van der Waals surface area contributed by atoms with Gasteiger partial charge in [0.05, 0.1) is 45.8 Å². The number of nitrogens with one attached hydrogen (secondary N) is 1. The fraction of sp³-hybridized carbons (Fsp3) is 0.200. The van der Waals surface area contributed by atoms with Gasteiger partial charge in [0.15, 0.2) is 11.5 Å². The van der Waals surface area contributed by atoms with Crippen LogP contribution in [0.5, 0.6) is 11.5 Å². The van der Waals surface area contributed by atoms with Crippen LogP contribution in [0.1, 0.15) is 34.8 Å². The van der Waals surface area contributed by atoms with Gasteiger partial charge in [0, 0.05) is 5.69 Å². The van der Waals surface area contributed by atoms with Crippen LogP contribution in [-0.4, -0.2) is 53.1 Å². The maximum Gasteiger partial charge on any atom is 0.339 e. The summed E-state index contributed by atoms with van der Waals surface area (Å²) in [6.07, 6.45) is 1.80. The molecule has 1 fully saturated rings. The van der Waals surface area contributed by atoms with E-state index in [1.165, 1.54) is 43.5 Å². The van der Waals surface area contributed by atoms with Crippen LogP contribution in [0.25, 0.3) is 6.08 Å². The minimum Gasteiger partial charge on any atom is -0.493 e. The highest BCUT2D eigenvalue weighted by atomic mass is 35.5.